The van der Waals surface area contributed by atoms with Gasteiger partial charge in [-0.15, -0.1) is 0 Å². The minimum absolute atomic E-state index is 0.102. The maximum Gasteiger partial charge on any atom is 0.144 e. The van der Waals surface area contributed by atoms with Gasteiger partial charge in [0.15, 0.2) is 0 Å². The summed E-state index contributed by atoms with van der Waals surface area (Å²) in [5.41, 5.74) is 8.26. The third-order valence-electron chi connectivity index (χ3n) is 1.95. The van der Waals surface area contributed by atoms with E-state index in [1.165, 1.54) is 0 Å². The molecule has 0 radical (unpaired) electrons. The summed E-state index contributed by atoms with van der Waals surface area (Å²) >= 11 is 0. The average Bonchev–Trinajstić information content (AvgIpc) is 2.27. The van der Waals surface area contributed by atoms with Gasteiger partial charge in [-0.2, -0.15) is 0 Å². The lowest BCUT2D eigenvalue weighted by atomic mass is 10.1. The van der Waals surface area contributed by atoms with Crippen molar-refractivity contribution in [2.24, 2.45) is 0 Å². The zero-order valence-corrected chi connectivity index (χ0v) is 10.7. The van der Waals surface area contributed by atoms with Gasteiger partial charge >= 0.3 is 0 Å². The van der Waals surface area contributed by atoms with E-state index in [-0.39, 0.29) is 13.2 Å². The molecule has 0 unspecified atom stereocenters. The number of anilines is 2. The Morgan fingerprint density at radius 3 is 2.35 bits per heavy atom. The van der Waals surface area contributed by atoms with Gasteiger partial charge in [-0.05, 0) is 31.5 Å². The highest BCUT2D eigenvalue weighted by Gasteiger charge is 2.04. The zero-order chi connectivity index (χ0) is 13.3. The predicted octanol–water partition coefficient (Wildman–Crippen LogP) is 0.989. The van der Waals surface area contributed by atoms with E-state index in [0.717, 1.165) is 11.3 Å². The Bertz CT molecular complexity index is 307. The second-order valence-corrected chi connectivity index (χ2v) is 3.38. The SMILES string of the molecule is CCO.COc1c(C)cc(NCCO)cc1N. The molecule has 0 aromatic heterocycles. The summed E-state index contributed by atoms with van der Waals surface area (Å²) in [6.45, 7) is 4.48. The summed E-state index contributed by atoms with van der Waals surface area (Å²) in [4.78, 5) is 0. The molecule has 5 N–H and O–H groups in total. The first kappa shape index (κ1) is 15.5. The van der Waals surface area contributed by atoms with Gasteiger partial charge < -0.3 is 26.0 Å². The van der Waals surface area contributed by atoms with E-state index >= 15 is 0 Å². The zero-order valence-electron chi connectivity index (χ0n) is 10.7. The Morgan fingerprint density at radius 2 is 1.94 bits per heavy atom. The monoisotopic (exact) mass is 242 g/mol. The lowest BCUT2D eigenvalue weighted by Gasteiger charge is -2.11. The van der Waals surface area contributed by atoms with E-state index in [4.69, 9.17) is 20.7 Å². The third kappa shape index (κ3) is 5.42. The van der Waals surface area contributed by atoms with Crippen molar-refractivity contribution in [1.29, 1.82) is 0 Å². The van der Waals surface area contributed by atoms with Crippen LogP contribution < -0.4 is 15.8 Å². The van der Waals surface area contributed by atoms with Crippen LogP contribution in [-0.4, -0.2) is 37.1 Å². The molecule has 0 saturated heterocycles. The third-order valence-corrected chi connectivity index (χ3v) is 1.95. The fraction of sp³-hybridized carbons (Fsp3) is 0.500. The highest BCUT2D eigenvalue weighted by Crippen LogP contribution is 2.29. The normalized spacial score (nSPS) is 9.24. The van der Waals surface area contributed by atoms with Crippen molar-refractivity contribution < 1.29 is 14.9 Å². The predicted molar refractivity (Wildman–Crippen MR) is 70.5 cm³/mol. The number of aliphatic hydroxyl groups is 2. The molecule has 0 bridgehead atoms. The molecule has 0 spiro atoms. The fourth-order valence-corrected chi connectivity index (χ4v) is 1.38. The van der Waals surface area contributed by atoms with Crippen LogP contribution >= 0.6 is 0 Å². The van der Waals surface area contributed by atoms with Gasteiger partial charge in [0.25, 0.3) is 0 Å². The summed E-state index contributed by atoms with van der Waals surface area (Å²) in [5.74, 6) is 0.708. The molecule has 0 aliphatic heterocycles. The Hall–Kier alpha value is -1.46. The molecule has 0 aliphatic carbocycles. The first-order valence-electron chi connectivity index (χ1n) is 5.50. The summed E-state index contributed by atoms with van der Waals surface area (Å²) in [7, 11) is 1.60. The highest BCUT2D eigenvalue weighted by atomic mass is 16.5. The molecule has 1 aromatic carbocycles. The maximum absolute atomic E-state index is 8.65. The van der Waals surface area contributed by atoms with Crippen molar-refractivity contribution in [1.82, 2.24) is 0 Å². The van der Waals surface area contributed by atoms with Crippen LogP contribution in [0, 0.1) is 6.92 Å². The molecule has 17 heavy (non-hydrogen) atoms. The van der Waals surface area contributed by atoms with E-state index in [2.05, 4.69) is 5.32 Å². The van der Waals surface area contributed by atoms with Gasteiger partial charge in [-0.1, -0.05) is 0 Å². The lowest BCUT2D eigenvalue weighted by Crippen LogP contribution is -2.06. The average molecular weight is 242 g/mol. The molecule has 5 nitrogen and oxygen atoms in total. The van der Waals surface area contributed by atoms with Crippen molar-refractivity contribution in [3.8, 4) is 5.75 Å². The molecular formula is C12H22N2O3. The number of nitrogen functional groups attached to an aromatic ring is 1. The lowest BCUT2D eigenvalue weighted by molar-refractivity contribution is 0.311. The van der Waals surface area contributed by atoms with Crippen LogP contribution in [0.4, 0.5) is 11.4 Å². The van der Waals surface area contributed by atoms with Gasteiger partial charge in [0, 0.05) is 18.8 Å². The number of rotatable bonds is 4. The van der Waals surface area contributed by atoms with Crippen LogP contribution in [0.15, 0.2) is 12.1 Å². The number of nitrogens with two attached hydrogens (primary N) is 1. The Balaban J connectivity index is 0.000000770. The topological polar surface area (TPSA) is 87.7 Å². The fourth-order valence-electron chi connectivity index (χ4n) is 1.38. The number of aliphatic hydroxyl groups excluding tert-OH is 2. The van der Waals surface area contributed by atoms with E-state index in [0.29, 0.717) is 18.0 Å². The second-order valence-electron chi connectivity index (χ2n) is 3.38. The van der Waals surface area contributed by atoms with Crippen molar-refractivity contribution in [3.63, 3.8) is 0 Å². The molecule has 1 rings (SSSR count). The molecule has 0 saturated carbocycles. The van der Waals surface area contributed by atoms with Crippen LogP contribution in [0.5, 0.6) is 5.75 Å². The van der Waals surface area contributed by atoms with E-state index in [9.17, 15) is 0 Å². The van der Waals surface area contributed by atoms with Crippen LogP contribution in [0.25, 0.3) is 0 Å². The van der Waals surface area contributed by atoms with Crippen LogP contribution in [0.3, 0.4) is 0 Å². The van der Waals surface area contributed by atoms with E-state index in [1.807, 2.05) is 13.0 Å². The Labute approximate surface area is 102 Å². The molecular weight excluding hydrogens is 220 g/mol. The molecule has 0 fully saturated rings. The number of hydrogen-bond donors (Lipinski definition) is 4. The van der Waals surface area contributed by atoms with E-state index in [1.54, 1.807) is 20.1 Å². The van der Waals surface area contributed by atoms with Crippen LogP contribution in [-0.2, 0) is 0 Å². The van der Waals surface area contributed by atoms with Gasteiger partial charge in [0.05, 0.1) is 19.4 Å². The van der Waals surface area contributed by atoms with Crippen molar-refractivity contribution >= 4 is 11.4 Å². The molecule has 0 aliphatic rings. The Morgan fingerprint density at radius 1 is 1.35 bits per heavy atom. The van der Waals surface area contributed by atoms with Gasteiger partial charge in [-0.3, -0.25) is 0 Å². The van der Waals surface area contributed by atoms with Crippen molar-refractivity contribution in [2.45, 2.75) is 13.8 Å². The number of hydrogen-bond acceptors (Lipinski definition) is 5. The molecule has 0 heterocycles. The van der Waals surface area contributed by atoms with Gasteiger partial charge in [-0.25, -0.2) is 0 Å². The Kier molecular flexibility index (Phi) is 7.92. The minimum atomic E-state index is 0.102. The number of ether oxygens (including phenoxy) is 1. The highest BCUT2D eigenvalue weighted by molar-refractivity contribution is 5.65. The molecule has 0 atom stereocenters. The smallest absolute Gasteiger partial charge is 0.144 e. The largest absolute Gasteiger partial charge is 0.494 e. The first-order valence-corrected chi connectivity index (χ1v) is 5.50. The van der Waals surface area contributed by atoms with Gasteiger partial charge in [0.2, 0.25) is 0 Å². The maximum atomic E-state index is 8.65. The summed E-state index contributed by atoms with van der Waals surface area (Å²) in [6.07, 6.45) is 0. The molecule has 0 amide bonds. The quantitative estimate of drug-likeness (QED) is 0.591. The van der Waals surface area contributed by atoms with Crippen LogP contribution in [0.2, 0.25) is 0 Å². The van der Waals surface area contributed by atoms with E-state index < -0.39 is 0 Å². The summed E-state index contributed by atoms with van der Waals surface area (Å²) in [5, 5.41) is 19.3. The molecule has 98 valence electrons. The van der Waals surface area contributed by atoms with Crippen LogP contribution in [0.1, 0.15) is 12.5 Å². The van der Waals surface area contributed by atoms with Crippen molar-refractivity contribution in [2.75, 3.05) is 37.9 Å². The number of methoxy groups -OCH3 is 1. The standard InChI is InChI=1S/C10H16N2O2.C2H6O/c1-7-5-8(12-3-4-13)6-9(11)10(7)14-2;1-2-3/h5-6,12-13H,3-4,11H2,1-2H3;3H,2H2,1H3. The minimum Gasteiger partial charge on any atom is -0.494 e. The second kappa shape index (κ2) is 8.66. The number of benzene rings is 1. The molecule has 1 aromatic rings. The van der Waals surface area contributed by atoms with Gasteiger partial charge in [0.1, 0.15) is 5.75 Å². The van der Waals surface area contributed by atoms with Crippen molar-refractivity contribution in [3.05, 3.63) is 17.7 Å². The molecule has 5 heteroatoms. The first-order chi connectivity index (χ1) is 8.10. The summed E-state index contributed by atoms with van der Waals surface area (Å²) in [6, 6.07) is 3.73. The summed E-state index contributed by atoms with van der Waals surface area (Å²) < 4.78 is 5.13. The number of nitrogens with one attached hydrogen (secondary N) is 1. The number of aryl methyl sites for hydroxylation is 1.